The van der Waals surface area contributed by atoms with Crippen molar-refractivity contribution in [2.24, 2.45) is 17.4 Å². The number of rotatable bonds is 2. The van der Waals surface area contributed by atoms with Gasteiger partial charge < -0.3 is 9.88 Å². The van der Waals surface area contributed by atoms with Crippen molar-refractivity contribution in [2.75, 3.05) is 13.2 Å². The molecular formula is C15H13N7O. The van der Waals surface area contributed by atoms with Gasteiger partial charge in [-0.3, -0.25) is 4.90 Å². The summed E-state index contributed by atoms with van der Waals surface area (Å²) in [5, 5.41) is 12.4. The van der Waals surface area contributed by atoms with Crippen LogP contribution in [0.25, 0.3) is 16.7 Å². The lowest BCUT2D eigenvalue weighted by Gasteiger charge is -2.24. The monoisotopic (exact) mass is 307 g/mol. The summed E-state index contributed by atoms with van der Waals surface area (Å²) in [4.78, 5) is 18.5. The molecule has 0 saturated carbocycles. The molecular weight excluding hydrogens is 294 g/mol. The maximum atomic E-state index is 12.3. The first-order valence-electron chi connectivity index (χ1n) is 7.05. The fourth-order valence-corrected chi connectivity index (χ4v) is 2.72. The van der Waals surface area contributed by atoms with Crippen LogP contribution in [0.1, 0.15) is 5.82 Å². The average molecular weight is 307 g/mol. The predicted octanol–water partition coefficient (Wildman–Crippen LogP) is 1.50. The molecule has 0 aliphatic carbocycles. The standard InChI is InChI=1S/C15H13N7O/c1-3-8-22-15(23)21-9-16-12(14(21)18-19-22)13-17-10-6-4-5-7-11(10)20(13)2/h1,4-7,16H,8-9H2,2H3. The molecule has 114 valence electrons. The van der Waals surface area contributed by atoms with Crippen molar-refractivity contribution in [2.45, 2.75) is 0 Å². The first-order chi connectivity index (χ1) is 11.2. The number of terminal acetylenes is 1. The van der Waals surface area contributed by atoms with Crippen LogP contribution in [0.2, 0.25) is 0 Å². The van der Waals surface area contributed by atoms with Crippen LogP contribution in [-0.4, -0.2) is 38.7 Å². The highest BCUT2D eigenvalue weighted by molar-refractivity contribution is 5.84. The Hall–Kier alpha value is -3.34. The highest BCUT2D eigenvalue weighted by Crippen LogP contribution is 2.30. The number of benzene rings is 1. The molecule has 1 N–H and O–H groups in total. The maximum absolute atomic E-state index is 12.3. The van der Waals surface area contributed by atoms with Crippen LogP contribution < -0.4 is 5.32 Å². The lowest BCUT2D eigenvalue weighted by molar-refractivity contribution is 0.160. The van der Waals surface area contributed by atoms with E-state index in [1.165, 1.54) is 4.90 Å². The Balaban J connectivity index is 1.83. The topological polar surface area (TPSA) is 78.1 Å². The summed E-state index contributed by atoms with van der Waals surface area (Å²) in [5.41, 5.74) is 2.57. The second-order valence-electron chi connectivity index (χ2n) is 5.18. The molecule has 1 aromatic carbocycles. The van der Waals surface area contributed by atoms with Crippen LogP contribution in [0.15, 0.2) is 40.4 Å². The number of carbonyl (C=O) groups is 1. The lowest BCUT2D eigenvalue weighted by atomic mass is 10.3. The molecule has 3 heterocycles. The smallest absolute Gasteiger partial charge is 0.349 e. The van der Waals surface area contributed by atoms with Crippen molar-refractivity contribution < 1.29 is 4.79 Å². The largest absolute Gasteiger partial charge is 0.361 e. The van der Waals surface area contributed by atoms with Crippen LogP contribution in [-0.2, 0) is 7.05 Å². The van der Waals surface area contributed by atoms with E-state index >= 15 is 0 Å². The van der Waals surface area contributed by atoms with Gasteiger partial charge in [-0.25, -0.2) is 9.78 Å². The molecule has 2 aliphatic rings. The fraction of sp³-hybridized carbons (Fsp3) is 0.200. The molecule has 2 aliphatic heterocycles. The molecule has 0 fully saturated rings. The van der Waals surface area contributed by atoms with E-state index in [2.05, 4.69) is 26.6 Å². The van der Waals surface area contributed by atoms with Crippen molar-refractivity contribution in [3.63, 3.8) is 0 Å². The highest BCUT2D eigenvalue weighted by Gasteiger charge is 2.36. The zero-order valence-electron chi connectivity index (χ0n) is 12.4. The van der Waals surface area contributed by atoms with E-state index < -0.39 is 0 Å². The molecule has 0 bridgehead atoms. The number of imidazole rings is 1. The number of urea groups is 1. The molecule has 2 amide bonds. The number of hydrogen-bond acceptors (Lipinski definition) is 5. The van der Waals surface area contributed by atoms with Gasteiger partial charge in [0.15, 0.2) is 11.6 Å². The zero-order valence-corrected chi connectivity index (χ0v) is 12.4. The number of hydrogen-bond donors (Lipinski definition) is 1. The number of amides is 2. The summed E-state index contributed by atoms with van der Waals surface area (Å²) in [6.07, 6.45) is 5.23. The molecule has 1 aromatic heterocycles. The van der Waals surface area contributed by atoms with Gasteiger partial charge in [0.05, 0.1) is 17.7 Å². The van der Waals surface area contributed by atoms with Gasteiger partial charge >= 0.3 is 6.03 Å². The number of aryl methyl sites for hydroxylation is 1. The Bertz CT molecular complexity index is 918. The molecule has 0 radical (unpaired) electrons. The van der Waals surface area contributed by atoms with Crippen LogP contribution in [0.4, 0.5) is 4.79 Å². The Labute approximate surface area is 132 Å². The normalized spacial score (nSPS) is 16.8. The minimum absolute atomic E-state index is 0.0910. The van der Waals surface area contributed by atoms with E-state index in [1.54, 1.807) is 0 Å². The minimum atomic E-state index is -0.297. The number of aromatic nitrogens is 2. The number of carbonyl (C=O) groups excluding carboxylic acids is 1. The number of para-hydroxylation sites is 2. The number of nitrogens with zero attached hydrogens (tertiary/aromatic N) is 6. The highest BCUT2D eigenvalue weighted by atomic mass is 16.2. The lowest BCUT2D eigenvalue weighted by Crippen LogP contribution is -2.42. The van der Waals surface area contributed by atoms with Gasteiger partial charge in [0.2, 0.25) is 0 Å². The number of nitrogens with one attached hydrogen (secondary N) is 1. The molecule has 2 aromatic rings. The third kappa shape index (κ3) is 1.87. The van der Waals surface area contributed by atoms with E-state index in [4.69, 9.17) is 6.42 Å². The summed E-state index contributed by atoms with van der Waals surface area (Å²) in [7, 11) is 1.93. The Morgan fingerprint density at radius 3 is 3.00 bits per heavy atom. The summed E-state index contributed by atoms with van der Waals surface area (Å²) in [6.45, 7) is 0.403. The molecule has 4 rings (SSSR count). The van der Waals surface area contributed by atoms with E-state index in [0.717, 1.165) is 16.0 Å². The Morgan fingerprint density at radius 2 is 2.22 bits per heavy atom. The molecule has 8 nitrogen and oxygen atoms in total. The predicted molar refractivity (Wildman–Crippen MR) is 83.3 cm³/mol. The molecule has 0 saturated heterocycles. The van der Waals surface area contributed by atoms with Crippen molar-refractivity contribution in [3.8, 4) is 12.3 Å². The molecule has 23 heavy (non-hydrogen) atoms. The zero-order chi connectivity index (χ0) is 16.0. The van der Waals surface area contributed by atoms with E-state index in [9.17, 15) is 4.79 Å². The number of fused-ring (bicyclic) bond motifs is 2. The van der Waals surface area contributed by atoms with Gasteiger partial charge in [-0.2, -0.15) is 5.01 Å². The van der Waals surface area contributed by atoms with Crippen molar-refractivity contribution >= 4 is 22.8 Å². The summed E-state index contributed by atoms with van der Waals surface area (Å²) >= 11 is 0. The van der Waals surface area contributed by atoms with Crippen molar-refractivity contribution in [1.29, 1.82) is 0 Å². The fourth-order valence-electron chi connectivity index (χ4n) is 2.72. The van der Waals surface area contributed by atoms with E-state index in [1.807, 2.05) is 35.9 Å². The van der Waals surface area contributed by atoms with E-state index in [-0.39, 0.29) is 12.6 Å². The molecule has 0 spiro atoms. The molecule has 8 heteroatoms. The van der Waals surface area contributed by atoms with Crippen LogP contribution in [0.3, 0.4) is 0 Å². The Morgan fingerprint density at radius 1 is 1.39 bits per heavy atom. The molecule has 0 atom stereocenters. The van der Waals surface area contributed by atoms with Gasteiger partial charge in [0, 0.05) is 7.05 Å². The van der Waals surface area contributed by atoms with E-state index in [0.29, 0.717) is 24.0 Å². The van der Waals surface area contributed by atoms with Gasteiger partial charge in [-0.1, -0.05) is 23.3 Å². The quantitative estimate of drug-likeness (QED) is 0.854. The van der Waals surface area contributed by atoms with Gasteiger partial charge in [-0.15, -0.1) is 11.5 Å². The first-order valence-corrected chi connectivity index (χ1v) is 7.05. The average Bonchev–Trinajstić information content (AvgIpc) is 3.12. The van der Waals surface area contributed by atoms with Gasteiger partial charge in [-0.05, 0) is 12.1 Å². The van der Waals surface area contributed by atoms with Crippen molar-refractivity contribution in [1.82, 2.24) is 24.8 Å². The van der Waals surface area contributed by atoms with Crippen LogP contribution in [0, 0.1) is 12.3 Å². The minimum Gasteiger partial charge on any atom is -0.361 e. The van der Waals surface area contributed by atoms with Gasteiger partial charge in [0.1, 0.15) is 12.2 Å². The second-order valence-corrected chi connectivity index (χ2v) is 5.18. The Kier molecular flexibility index (Phi) is 2.81. The van der Waals surface area contributed by atoms with Crippen molar-refractivity contribution in [3.05, 3.63) is 35.9 Å². The van der Waals surface area contributed by atoms with Gasteiger partial charge in [0.25, 0.3) is 0 Å². The maximum Gasteiger partial charge on any atom is 0.349 e. The van der Waals surface area contributed by atoms with Crippen LogP contribution >= 0.6 is 0 Å². The summed E-state index contributed by atoms with van der Waals surface area (Å²) < 4.78 is 1.96. The molecule has 0 unspecified atom stereocenters. The summed E-state index contributed by atoms with van der Waals surface area (Å²) in [5.74, 6) is 3.56. The second kappa shape index (κ2) is 4.84. The third-order valence-corrected chi connectivity index (χ3v) is 3.84. The first kappa shape index (κ1) is 13.3. The van der Waals surface area contributed by atoms with Crippen LogP contribution in [0.5, 0.6) is 0 Å². The SMILES string of the molecule is C#CCN1N=NC2=C(c3nc4ccccc4n3C)NCN2C1=O. The summed E-state index contributed by atoms with van der Waals surface area (Å²) in [6, 6.07) is 7.54. The third-order valence-electron chi connectivity index (χ3n) is 3.84.